The lowest BCUT2D eigenvalue weighted by molar-refractivity contribution is -0.124. The minimum absolute atomic E-state index is 0.259. The second-order valence-corrected chi connectivity index (χ2v) is 8.79. The first-order valence-corrected chi connectivity index (χ1v) is 10.2. The Kier molecular flexibility index (Phi) is 4.98. The van der Waals surface area contributed by atoms with Gasteiger partial charge in [0.2, 0.25) is 0 Å². The van der Waals surface area contributed by atoms with Crippen LogP contribution in [0.1, 0.15) is 35.3 Å². The Bertz CT molecular complexity index is 1060. The van der Waals surface area contributed by atoms with Crippen LogP contribution in [-0.2, 0) is 4.79 Å². The van der Waals surface area contributed by atoms with E-state index < -0.39 is 5.54 Å². The number of aliphatic imine (C=N–C) groups is 1. The molecule has 0 spiro atoms. The van der Waals surface area contributed by atoms with Gasteiger partial charge in [0.05, 0.1) is 5.70 Å². The Morgan fingerprint density at radius 2 is 1.79 bits per heavy atom. The number of rotatable bonds is 3. The molecule has 29 heavy (non-hydrogen) atoms. The summed E-state index contributed by atoms with van der Waals surface area (Å²) in [5.74, 6) is -0.524. The fourth-order valence-electron chi connectivity index (χ4n) is 2.95. The van der Waals surface area contributed by atoms with Gasteiger partial charge < -0.3 is 5.32 Å². The van der Waals surface area contributed by atoms with E-state index in [4.69, 9.17) is 11.6 Å². The SMILES string of the molecule is Cc1ccc(C2=C(NC(=O)c3ccc(Cl)cc3)SC3=NC(=O)C(C)(C)NN32)cc1. The van der Waals surface area contributed by atoms with E-state index in [0.717, 1.165) is 16.8 Å². The third-order valence-electron chi connectivity index (χ3n) is 4.60. The zero-order valence-corrected chi connectivity index (χ0v) is 17.7. The van der Waals surface area contributed by atoms with Crippen molar-refractivity contribution >= 4 is 46.0 Å². The average Bonchev–Trinajstić information content (AvgIpc) is 2.99. The Hall–Kier alpha value is -2.61. The molecule has 2 heterocycles. The second-order valence-electron chi connectivity index (χ2n) is 7.38. The van der Waals surface area contributed by atoms with Gasteiger partial charge >= 0.3 is 0 Å². The van der Waals surface area contributed by atoms with E-state index >= 15 is 0 Å². The van der Waals surface area contributed by atoms with E-state index in [-0.39, 0.29) is 11.8 Å². The predicted octanol–water partition coefficient (Wildman–Crippen LogP) is 3.93. The van der Waals surface area contributed by atoms with Crippen molar-refractivity contribution in [1.82, 2.24) is 15.8 Å². The lowest BCUT2D eigenvalue weighted by Gasteiger charge is -2.35. The number of hydrogen-bond acceptors (Lipinski definition) is 5. The summed E-state index contributed by atoms with van der Waals surface area (Å²) in [7, 11) is 0. The van der Waals surface area contributed by atoms with Crippen LogP contribution in [0.15, 0.2) is 58.6 Å². The van der Waals surface area contributed by atoms with Crippen LogP contribution >= 0.6 is 23.4 Å². The van der Waals surface area contributed by atoms with Crippen LogP contribution in [0.5, 0.6) is 0 Å². The fraction of sp³-hybridized carbons (Fsp3) is 0.190. The minimum atomic E-state index is -0.852. The molecule has 0 radical (unpaired) electrons. The van der Waals surface area contributed by atoms with Crippen LogP contribution in [0, 0.1) is 6.92 Å². The van der Waals surface area contributed by atoms with Crippen molar-refractivity contribution in [3.05, 3.63) is 75.3 Å². The molecule has 0 aliphatic carbocycles. The summed E-state index contributed by atoms with van der Waals surface area (Å²) < 4.78 is 0. The number of aryl methyl sites for hydroxylation is 1. The van der Waals surface area contributed by atoms with Gasteiger partial charge in [0.15, 0.2) is 5.17 Å². The lowest BCUT2D eigenvalue weighted by atomic mass is 10.1. The fourth-order valence-corrected chi connectivity index (χ4v) is 4.06. The largest absolute Gasteiger partial charge is 0.314 e. The number of fused-ring (bicyclic) bond motifs is 1. The smallest absolute Gasteiger partial charge is 0.269 e. The number of benzene rings is 2. The number of nitrogens with zero attached hydrogens (tertiary/aromatic N) is 2. The zero-order valence-electron chi connectivity index (χ0n) is 16.1. The maximum atomic E-state index is 12.8. The monoisotopic (exact) mass is 426 g/mol. The summed E-state index contributed by atoms with van der Waals surface area (Å²) >= 11 is 7.16. The summed E-state index contributed by atoms with van der Waals surface area (Å²) in [5.41, 5.74) is 5.63. The standard InChI is InChI=1S/C21H19ClN4O2S/c1-12-4-6-13(7-5-12)16-18(23-17(27)14-8-10-15(22)11-9-14)29-20-24-19(28)21(2,3)25-26(16)20/h4-11,25H,1-3H3,(H,23,27). The molecule has 0 aromatic heterocycles. The molecular weight excluding hydrogens is 408 g/mol. The maximum Gasteiger partial charge on any atom is 0.269 e. The highest BCUT2D eigenvalue weighted by atomic mass is 35.5. The molecule has 148 valence electrons. The van der Waals surface area contributed by atoms with Crippen molar-refractivity contribution in [2.45, 2.75) is 26.3 Å². The van der Waals surface area contributed by atoms with Crippen LogP contribution in [0.4, 0.5) is 0 Å². The van der Waals surface area contributed by atoms with Gasteiger partial charge in [-0.15, -0.1) is 0 Å². The van der Waals surface area contributed by atoms with Crippen LogP contribution in [0.3, 0.4) is 0 Å². The number of thioether (sulfide) groups is 1. The molecule has 0 unspecified atom stereocenters. The van der Waals surface area contributed by atoms with E-state index in [2.05, 4.69) is 15.7 Å². The van der Waals surface area contributed by atoms with E-state index in [1.165, 1.54) is 11.8 Å². The summed E-state index contributed by atoms with van der Waals surface area (Å²) in [6.07, 6.45) is 0. The topological polar surface area (TPSA) is 73.8 Å². The molecule has 2 aliphatic heterocycles. The molecule has 4 rings (SSSR count). The predicted molar refractivity (Wildman–Crippen MR) is 116 cm³/mol. The number of carbonyl (C=O) groups is 2. The molecule has 2 N–H and O–H groups in total. The zero-order chi connectivity index (χ0) is 20.8. The van der Waals surface area contributed by atoms with Gasteiger partial charge in [-0.25, -0.2) is 10.4 Å². The molecule has 6 nitrogen and oxygen atoms in total. The van der Waals surface area contributed by atoms with Gasteiger partial charge in [-0.2, -0.15) is 4.99 Å². The van der Waals surface area contributed by atoms with Gasteiger partial charge in [0.1, 0.15) is 10.6 Å². The van der Waals surface area contributed by atoms with E-state index in [9.17, 15) is 9.59 Å². The quantitative estimate of drug-likeness (QED) is 0.777. The Morgan fingerprint density at radius 3 is 2.45 bits per heavy atom. The number of hydrogen-bond donors (Lipinski definition) is 2. The maximum absolute atomic E-state index is 12.8. The molecule has 2 amide bonds. The van der Waals surface area contributed by atoms with Gasteiger partial charge in [0, 0.05) is 16.1 Å². The first kappa shape index (κ1) is 19.7. The number of carbonyl (C=O) groups excluding carboxylic acids is 2. The van der Waals surface area contributed by atoms with Crippen LogP contribution < -0.4 is 10.7 Å². The van der Waals surface area contributed by atoms with Crippen molar-refractivity contribution in [2.75, 3.05) is 0 Å². The van der Waals surface area contributed by atoms with E-state index in [1.807, 2.05) is 31.2 Å². The highest BCUT2D eigenvalue weighted by Crippen LogP contribution is 2.40. The molecule has 2 aromatic rings. The first-order valence-electron chi connectivity index (χ1n) is 9.02. The highest BCUT2D eigenvalue weighted by Gasteiger charge is 2.42. The van der Waals surface area contributed by atoms with Crippen LogP contribution in [0.2, 0.25) is 5.02 Å². The van der Waals surface area contributed by atoms with Crippen molar-refractivity contribution in [3.8, 4) is 0 Å². The summed E-state index contributed by atoms with van der Waals surface area (Å²) in [4.78, 5) is 29.3. The third-order valence-corrected chi connectivity index (χ3v) is 5.81. The number of nitrogens with one attached hydrogen (secondary N) is 2. The van der Waals surface area contributed by atoms with Gasteiger partial charge in [-0.3, -0.25) is 9.59 Å². The van der Waals surface area contributed by atoms with Crippen molar-refractivity contribution in [2.24, 2.45) is 4.99 Å². The number of hydrazine groups is 1. The molecule has 0 bridgehead atoms. The average molecular weight is 427 g/mol. The summed E-state index contributed by atoms with van der Waals surface area (Å²) in [6.45, 7) is 5.56. The Morgan fingerprint density at radius 1 is 1.14 bits per heavy atom. The van der Waals surface area contributed by atoms with Gasteiger partial charge in [-0.05, 0) is 56.8 Å². The van der Waals surface area contributed by atoms with Crippen LogP contribution in [-0.4, -0.2) is 27.5 Å². The van der Waals surface area contributed by atoms with E-state index in [1.54, 1.807) is 43.1 Å². The Balaban J connectivity index is 1.75. The highest BCUT2D eigenvalue weighted by molar-refractivity contribution is 8.17. The van der Waals surface area contributed by atoms with Gasteiger partial charge in [-0.1, -0.05) is 41.4 Å². The number of halogens is 1. The second kappa shape index (κ2) is 7.33. The summed E-state index contributed by atoms with van der Waals surface area (Å²) in [6, 6.07) is 14.6. The number of amidine groups is 1. The summed E-state index contributed by atoms with van der Waals surface area (Å²) in [5, 5.41) is 6.38. The van der Waals surface area contributed by atoms with E-state index in [0.29, 0.717) is 20.8 Å². The molecular formula is C21H19ClN4O2S. The third kappa shape index (κ3) is 3.81. The molecule has 8 heteroatoms. The van der Waals surface area contributed by atoms with Crippen molar-refractivity contribution < 1.29 is 9.59 Å². The first-order chi connectivity index (χ1) is 13.7. The molecule has 0 saturated carbocycles. The minimum Gasteiger partial charge on any atom is -0.314 e. The molecule has 2 aromatic carbocycles. The van der Waals surface area contributed by atoms with Gasteiger partial charge in [0.25, 0.3) is 11.8 Å². The lowest BCUT2D eigenvalue weighted by Crippen LogP contribution is -2.58. The molecule has 0 atom stereocenters. The molecule has 2 aliphatic rings. The van der Waals surface area contributed by atoms with Crippen molar-refractivity contribution in [3.63, 3.8) is 0 Å². The molecule has 0 saturated heterocycles. The Labute approximate surface area is 178 Å². The van der Waals surface area contributed by atoms with Crippen molar-refractivity contribution in [1.29, 1.82) is 0 Å². The van der Waals surface area contributed by atoms with Crippen LogP contribution in [0.25, 0.3) is 5.70 Å². The number of amides is 2. The normalized spacial score (nSPS) is 17.9. The molecule has 0 fully saturated rings.